The van der Waals surface area contributed by atoms with E-state index in [-0.39, 0.29) is 5.60 Å². The van der Waals surface area contributed by atoms with Crippen molar-refractivity contribution in [1.29, 1.82) is 0 Å². The molecule has 16 heavy (non-hydrogen) atoms. The van der Waals surface area contributed by atoms with Gasteiger partial charge in [0.1, 0.15) is 0 Å². The SMILES string of the molecule is CCC(NC(C)CC(C)(C)OC)C(C)(C)C. The Morgan fingerprint density at radius 3 is 1.94 bits per heavy atom. The minimum absolute atomic E-state index is 0.0391. The molecule has 0 aliphatic carbocycles. The van der Waals surface area contributed by atoms with Crippen molar-refractivity contribution in [3.8, 4) is 0 Å². The number of hydrogen-bond donors (Lipinski definition) is 1. The summed E-state index contributed by atoms with van der Waals surface area (Å²) in [7, 11) is 1.79. The van der Waals surface area contributed by atoms with Crippen LogP contribution in [0.1, 0.15) is 61.3 Å². The molecule has 2 nitrogen and oxygen atoms in total. The lowest BCUT2D eigenvalue weighted by atomic mass is 9.84. The summed E-state index contributed by atoms with van der Waals surface area (Å²) >= 11 is 0. The van der Waals surface area contributed by atoms with E-state index in [1.54, 1.807) is 7.11 Å². The summed E-state index contributed by atoms with van der Waals surface area (Å²) in [6.45, 7) is 15.7. The Morgan fingerprint density at radius 1 is 1.12 bits per heavy atom. The molecule has 0 aromatic heterocycles. The smallest absolute Gasteiger partial charge is 0.0637 e. The highest BCUT2D eigenvalue weighted by Gasteiger charge is 2.26. The first-order valence-electron chi connectivity index (χ1n) is 6.43. The van der Waals surface area contributed by atoms with Crippen LogP contribution in [0.2, 0.25) is 0 Å². The maximum absolute atomic E-state index is 5.47. The van der Waals surface area contributed by atoms with Gasteiger partial charge in [-0.25, -0.2) is 0 Å². The van der Waals surface area contributed by atoms with Gasteiger partial charge in [0.05, 0.1) is 5.60 Å². The molecule has 2 atom stereocenters. The van der Waals surface area contributed by atoms with Gasteiger partial charge >= 0.3 is 0 Å². The molecule has 0 saturated carbocycles. The summed E-state index contributed by atoms with van der Waals surface area (Å²) in [4.78, 5) is 0. The van der Waals surface area contributed by atoms with Crippen LogP contribution in [0.25, 0.3) is 0 Å². The number of nitrogens with one attached hydrogen (secondary N) is 1. The van der Waals surface area contributed by atoms with E-state index in [0.717, 1.165) is 6.42 Å². The van der Waals surface area contributed by atoms with Gasteiger partial charge < -0.3 is 10.1 Å². The fourth-order valence-corrected chi connectivity index (χ4v) is 2.20. The molecule has 0 aromatic rings. The molecule has 98 valence electrons. The van der Waals surface area contributed by atoms with Crippen LogP contribution >= 0.6 is 0 Å². The van der Waals surface area contributed by atoms with E-state index in [9.17, 15) is 0 Å². The summed E-state index contributed by atoms with van der Waals surface area (Å²) in [6, 6.07) is 1.05. The molecule has 0 saturated heterocycles. The first-order chi connectivity index (χ1) is 7.12. The molecular weight excluding hydrogens is 198 g/mol. The first kappa shape index (κ1) is 15.9. The van der Waals surface area contributed by atoms with Gasteiger partial charge in [-0.1, -0.05) is 27.7 Å². The van der Waals surface area contributed by atoms with Crippen molar-refractivity contribution < 1.29 is 4.74 Å². The molecule has 2 heteroatoms. The second-order valence-electron chi connectivity index (χ2n) is 6.56. The van der Waals surface area contributed by atoms with Gasteiger partial charge in [0, 0.05) is 19.2 Å². The third kappa shape index (κ3) is 5.86. The van der Waals surface area contributed by atoms with Crippen molar-refractivity contribution in [1.82, 2.24) is 5.32 Å². The maximum Gasteiger partial charge on any atom is 0.0637 e. The van der Waals surface area contributed by atoms with Crippen LogP contribution < -0.4 is 5.32 Å². The predicted octanol–water partition coefficient (Wildman–Crippen LogP) is 3.60. The third-order valence-corrected chi connectivity index (χ3v) is 3.29. The van der Waals surface area contributed by atoms with E-state index in [4.69, 9.17) is 4.74 Å². The van der Waals surface area contributed by atoms with Crippen molar-refractivity contribution in [3.63, 3.8) is 0 Å². The quantitative estimate of drug-likeness (QED) is 0.751. The Bertz CT molecular complexity index is 193. The monoisotopic (exact) mass is 229 g/mol. The molecule has 0 aliphatic heterocycles. The second-order valence-corrected chi connectivity index (χ2v) is 6.56. The van der Waals surface area contributed by atoms with E-state index in [2.05, 4.69) is 53.8 Å². The largest absolute Gasteiger partial charge is 0.379 e. The van der Waals surface area contributed by atoms with Gasteiger partial charge in [0.25, 0.3) is 0 Å². The molecular formula is C14H31NO. The van der Waals surface area contributed by atoms with Crippen molar-refractivity contribution in [2.75, 3.05) is 7.11 Å². The maximum atomic E-state index is 5.47. The van der Waals surface area contributed by atoms with E-state index in [0.29, 0.717) is 17.5 Å². The Kier molecular flexibility index (Phi) is 5.99. The standard InChI is InChI=1S/C14H31NO/c1-9-12(13(3,4)5)15-11(2)10-14(6,7)16-8/h11-12,15H,9-10H2,1-8H3. The Labute approximate surface area is 102 Å². The van der Waals surface area contributed by atoms with Crippen LogP contribution in [0, 0.1) is 5.41 Å². The van der Waals surface area contributed by atoms with Gasteiger partial charge in [-0.2, -0.15) is 0 Å². The van der Waals surface area contributed by atoms with E-state index in [1.165, 1.54) is 6.42 Å². The molecule has 1 N–H and O–H groups in total. The molecule has 0 spiro atoms. The highest BCUT2D eigenvalue weighted by atomic mass is 16.5. The molecule has 0 fully saturated rings. The van der Waals surface area contributed by atoms with E-state index >= 15 is 0 Å². The van der Waals surface area contributed by atoms with E-state index in [1.807, 2.05) is 0 Å². The van der Waals surface area contributed by atoms with Crippen molar-refractivity contribution in [2.24, 2.45) is 5.41 Å². The molecule has 0 heterocycles. The lowest BCUT2D eigenvalue weighted by Gasteiger charge is -2.35. The Hall–Kier alpha value is -0.0800. The van der Waals surface area contributed by atoms with Crippen LogP contribution in [0.4, 0.5) is 0 Å². The third-order valence-electron chi connectivity index (χ3n) is 3.29. The minimum Gasteiger partial charge on any atom is -0.379 e. The summed E-state index contributed by atoms with van der Waals surface area (Å²) in [6.07, 6.45) is 2.21. The second kappa shape index (κ2) is 6.02. The Balaban J connectivity index is 4.27. The van der Waals surface area contributed by atoms with Crippen molar-refractivity contribution in [3.05, 3.63) is 0 Å². The van der Waals surface area contributed by atoms with Gasteiger partial charge in [-0.3, -0.25) is 0 Å². The summed E-state index contributed by atoms with van der Waals surface area (Å²) < 4.78 is 5.47. The topological polar surface area (TPSA) is 21.3 Å². The van der Waals surface area contributed by atoms with Gasteiger partial charge in [-0.05, 0) is 39.0 Å². The highest BCUT2D eigenvalue weighted by molar-refractivity contribution is 4.84. The van der Waals surface area contributed by atoms with Gasteiger partial charge in [-0.15, -0.1) is 0 Å². The highest BCUT2D eigenvalue weighted by Crippen LogP contribution is 2.23. The number of methoxy groups -OCH3 is 1. The van der Waals surface area contributed by atoms with Crippen LogP contribution in [-0.2, 0) is 4.74 Å². The zero-order valence-corrected chi connectivity index (χ0v) is 12.5. The molecule has 0 amide bonds. The van der Waals surface area contributed by atoms with Crippen LogP contribution in [0.15, 0.2) is 0 Å². The first-order valence-corrected chi connectivity index (χ1v) is 6.43. The number of ether oxygens (including phenoxy) is 1. The average Bonchev–Trinajstić information content (AvgIpc) is 2.11. The predicted molar refractivity (Wildman–Crippen MR) is 71.8 cm³/mol. The van der Waals surface area contributed by atoms with Crippen LogP contribution in [0.3, 0.4) is 0 Å². The number of rotatable bonds is 6. The molecule has 0 aliphatic rings. The molecule has 0 bridgehead atoms. The summed E-state index contributed by atoms with van der Waals surface area (Å²) in [5.74, 6) is 0. The zero-order chi connectivity index (χ0) is 13.0. The normalized spacial score (nSPS) is 17.2. The minimum atomic E-state index is -0.0391. The lowest BCUT2D eigenvalue weighted by molar-refractivity contribution is 0.00617. The summed E-state index contributed by atoms with van der Waals surface area (Å²) in [5, 5.41) is 3.72. The van der Waals surface area contributed by atoms with Crippen molar-refractivity contribution >= 4 is 0 Å². The fourth-order valence-electron chi connectivity index (χ4n) is 2.20. The molecule has 2 unspecified atom stereocenters. The molecule has 0 aromatic carbocycles. The molecule has 0 radical (unpaired) electrons. The number of hydrogen-bond acceptors (Lipinski definition) is 2. The van der Waals surface area contributed by atoms with Crippen LogP contribution in [-0.4, -0.2) is 24.8 Å². The zero-order valence-electron chi connectivity index (χ0n) is 12.5. The van der Waals surface area contributed by atoms with Crippen LogP contribution in [0.5, 0.6) is 0 Å². The summed E-state index contributed by atoms with van der Waals surface area (Å²) in [5.41, 5.74) is 0.281. The lowest BCUT2D eigenvalue weighted by Crippen LogP contribution is -2.46. The fraction of sp³-hybridized carbons (Fsp3) is 1.00. The van der Waals surface area contributed by atoms with Gasteiger partial charge in [0.2, 0.25) is 0 Å². The Morgan fingerprint density at radius 2 is 1.62 bits per heavy atom. The van der Waals surface area contributed by atoms with E-state index < -0.39 is 0 Å². The van der Waals surface area contributed by atoms with Crippen molar-refractivity contribution in [2.45, 2.75) is 79.0 Å². The van der Waals surface area contributed by atoms with Gasteiger partial charge in [0.15, 0.2) is 0 Å². The molecule has 0 rings (SSSR count). The average molecular weight is 229 g/mol.